The van der Waals surface area contributed by atoms with Gasteiger partial charge in [0.2, 0.25) is 5.91 Å². The fourth-order valence-corrected chi connectivity index (χ4v) is 14.1. The molecule has 5 saturated carbocycles. The summed E-state index contributed by atoms with van der Waals surface area (Å²) in [6, 6.07) is 7.14. The molecule has 2 spiro atoms. The molecular weight excluding hydrogens is 662 g/mol. The lowest BCUT2D eigenvalue weighted by molar-refractivity contribution is -0.192. The Kier molecular flexibility index (Phi) is 8.54. The Morgan fingerprint density at radius 1 is 1.00 bits per heavy atom. The number of benzene rings is 1. The molecule has 7 nitrogen and oxygen atoms in total. The number of fused-ring (bicyclic) bond motifs is 4. The number of aromatic nitrogens is 1. The summed E-state index contributed by atoms with van der Waals surface area (Å²) in [5, 5.41) is 12.6. The summed E-state index contributed by atoms with van der Waals surface area (Å²) < 4.78 is 41.1. The Morgan fingerprint density at radius 2 is 1.71 bits per heavy atom. The second kappa shape index (κ2) is 12.3. The maximum absolute atomic E-state index is 14.0. The number of aliphatic hydroxyl groups is 1. The van der Waals surface area contributed by atoms with Crippen molar-refractivity contribution in [2.75, 3.05) is 6.54 Å². The van der Waals surface area contributed by atoms with Crippen LogP contribution in [0, 0.1) is 62.4 Å². The van der Waals surface area contributed by atoms with Crippen molar-refractivity contribution in [2.24, 2.45) is 50.7 Å². The summed E-state index contributed by atoms with van der Waals surface area (Å²) in [4.78, 5) is 31.7. The van der Waals surface area contributed by atoms with Gasteiger partial charge in [-0.1, -0.05) is 40.7 Å². The molecule has 1 aliphatic heterocycles. The van der Waals surface area contributed by atoms with Gasteiger partial charge in [0, 0.05) is 49.3 Å². The fraction of sp³-hybridized carbons (Fsp3) is 0.698. The predicted octanol–water partition coefficient (Wildman–Crippen LogP) is 7.68. The number of aliphatic hydroxyl groups excluding tert-OH is 1. The first kappa shape index (κ1) is 36.1. The first-order valence-corrected chi connectivity index (χ1v) is 19.7. The van der Waals surface area contributed by atoms with Crippen molar-refractivity contribution in [3.8, 4) is 0 Å². The number of esters is 1. The molecule has 1 aromatic heterocycles. The molecule has 2 heterocycles. The summed E-state index contributed by atoms with van der Waals surface area (Å²) in [6.45, 7) is 13.6. The zero-order valence-corrected chi connectivity index (χ0v) is 31.7. The average molecular weight is 719 g/mol. The Hall–Kier alpha value is -2.91. The van der Waals surface area contributed by atoms with Gasteiger partial charge in [0.1, 0.15) is 17.7 Å². The molecule has 2 aromatic rings. The van der Waals surface area contributed by atoms with Crippen LogP contribution in [0.3, 0.4) is 0 Å². The largest absolute Gasteiger partial charge is 0.462 e. The van der Waals surface area contributed by atoms with Gasteiger partial charge in [-0.25, -0.2) is 8.78 Å². The molecule has 0 radical (unpaired) electrons. The van der Waals surface area contributed by atoms with E-state index < -0.39 is 17.7 Å². The SMILES string of the molecule is CC(=O)N(Cc1cc(F)cc(F)c1)CC1C[C@@H](C)[C@H]2C(O1)[C@H](O)[C@@]1(C)C3CC[C@H]4C(C)(C)[C@@H](OC(=O)Cc5cccnc5)CC[C@@]45C[C@@]35CC[C@]21C. The molecule has 1 aromatic carbocycles. The number of amides is 1. The first-order valence-electron chi connectivity index (χ1n) is 19.7. The minimum Gasteiger partial charge on any atom is -0.462 e. The zero-order valence-electron chi connectivity index (χ0n) is 31.7. The molecular formula is C43H56F2N2O5. The normalized spacial score (nSPS) is 42.5. The van der Waals surface area contributed by atoms with Gasteiger partial charge in [-0.3, -0.25) is 14.6 Å². The average Bonchev–Trinajstić information content (AvgIpc) is 3.70. The summed E-state index contributed by atoms with van der Waals surface area (Å²) in [5.41, 5.74) is 1.09. The van der Waals surface area contributed by atoms with Gasteiger partial charge in [-0.2, -0.15) is 0 Å². The van der Waals surface area contributed by atoms with Crippen LogP contribution in [-0.2, 0) is 32.0 Å². The van der Waals surface area contributed by atoms with E-state index in [1.165, 1.54) is 25.5 Å². The minimum absolute atomic E-state index is 0.0953. The molecule has 6 aliphatic rings. The van der Waals surface area contributed by atoms with Crippen LogP contribution < -0.4 is 0 Å². The zero-order chi connectivity index (χ0) is 37.0. The van der Waals surface area contributed by atoms with Crippen LogP contribution >= 0.6 is 0 Å². The third-order valence-corrected chi connectivity index (χ3v) is 16.3. The van der Waals surface area contributed by atoms with E-state index in [9.17, 15) is 23.5 Å². The molecule has 0 bridgehead atoms. The first-order chi connectivity index (χ1) is 24.6. The van der Waals surface area contributed by atoms with Gasteiger partial charge in [0.25, 0.3) is 0 Å². The number of pyridine rings is 1. The van der Waals surface area contributed by atoms with Gasteiger partial charge in [-0.15, -0.1) is 0 Å². The molecule has 1 N–H and O–H groups in total. The van der Waals surface area contributed by atoms with Crippen molar-refractivity contribution in [3.05, 3.63) is 65.5 Å². The highest BCUT2D eigenvalue weighted by Crippen LogP contribution is 2.89. The van der Waals surface area contributed by atoms with Crippen molar-refractivity contribution in [1.29, 1.82) is 0 Å². The molecule has 5 aliphatic carbocycles. The van der Waals surface area contributed by atoms with Crippen LogP contribution in [-0.4, -0.2) is 57.8 Å². The van der Waals surface area contributed by atoms with E-state index in [0.717, 1.165) is 56.6 Å². The van der Waals surface area contributed by atoms with E-state index in [1.807, 2.05) is 12.1 Å². The van der Waals surface area contributed by atoms with Crippen molar-refractivity contribution in [1.82, 2.24) is 9.88 Å². The summed E-state index contributed by atoms with van der Waals surface area (Å²) in [7, 11) is 0. The lowest BCUT2D eigenvalue weighted by Gasteiger charge is -2.63. The maximum Gasteiger partial charge on any atom is 0.310 e. The third-order valence-electron chi connectivity index (χ3n) is 16.3. The summed E-state index contributed by atoms with van der Waals surface area (Å²) in [5.74, 6) is -0.378. The van der Waals surface area contributed by atoms with Crippen LogP contribution in [0.15, 0.2) is 42.7 Å². The number of carbonyl (C=O) groups excluding carboxylic acids is 2. The van der Waals surface area contributed by atoms with E-state index >= 15 is 0 Å². The van der Waals surface area contributed by atoms with Crippen molar-refractivity contribution >= 4 is 11.9 Å². The topological polar surface area (TPSA) is 89.0 Å². The maximum atomic E-state index is 14.0. The second-order valence-corrected chi connectivity index (χ2v) is 18.8. The molecule has 8 rings (SSSR count). The van der Waals surface area contributed by atoms with E-state index in [1.54, 1.807) is 17.3 Å². The number of halogens is 2. The number of hydrogen-bond acceptors (Lipinski definition) is 6. The highest BCUT2D eigenvalue weighted by molar-refractivity contribution is 5.73. The smallest absolute Gasteiger partial charge is 0.310 e. The summed E-state index contributed by atoms with van der Waals surface area (Å²) >= 11 is 0. The van der Waals surface area contributed by atoms with Gasteiger partial charge in [0.15, 0.2) is 0 Å². The third kappa shape index (κ3) is 5.17. The van der Waals surface area contributed by atoms with Crippen molar-refractivity contribution in [2.45, 2.75) is 130 Å². The molecule has 3 unspecified atom stereocenters. The molecule has 1 amide bonds. The minimum atomic E-state index is -0.664. The molecule has 1 saturated heterocycles. The van der Waals surface area contributed by atoms with Crippen LogP contribution in [0.2, 0.25) is 0 Å². The number of nitrogens with zero attached hydrogens (tertiary/aromatic N) is 2. The van der Waals surface area contributed by atoms with Crippen LogP contribution in [0.5, 0.6) is 0 Å². The Morgan fingerprint density at radius 3 is 2.40 bits per heavy atom. The van der Waals surface area contributed by atoms with Gasteiger partial charge in [0.05, 0.1) is 24.7 Å². The Balaban J connectivity index is 1.00. The lowest BCUT2D eigenvalue weighted by Crippen LogP contribution is -2.60. The van der Waals surface area contributed by atoms with Crippen LogP contribution in [0.1, 0.15) is 104 Å². The molecule has 52 heavy (non-hydrogen) atoms. The van der Waals surface area contributed by atoms with Crippen molar-refractivity contribution in [3.63, 3.8) is 0 Å². The molecule has 282 valence electrons. The van der Waals surface area contributed by atoms with Gasteiger partial charge in [-0.05, 0) is 121 Å². The van der Waals surface area contributed by atoms with E-state index in [4.69, 9.17) is 9.47 Å². The number of hydrogen-bond donors (Lipinski definition) is 1. The Labute approximate surface area is 307 Å². The van der Waals surface area contributed by atoms with Crippen LogP contribution in [0.25, 0.3) is 0 Å². The number of rotatable bonds is 7. The fourth-order valence-electron chi connectivity index (χ4n) is 14.1. The standard InChI is InChI=1S/C43H56F2N2O5/c1-25-16-31(23-47(26(2)48)22-28-17-29(44)20-30(45)18-28)51-37-36(25)40(5)13-14-43-24-42(43)12-11-34(52-35(49)19-27-8-7-15-46-21-27)39(3,4)32(42)9-10-33(43)41(40,6)38(37)50/h7-8,15,17-18,20-21,25,31-34,36-38,50H,9-14,16,19,22-24H2,1-6H3/t25-,31?,32+,33?,34+,36+,37?,38+,40-,41-,42-,43+/m1/s1. The quantitative estimate of drug-likeness (QED) is 0.296. The monoisotopic (exact) mass is 718 g/mol. The summed E-state index contributed by atoms with van der Waals surface area (Å²) in [6.07, 6.45) is 10.5. The van der Waals surface area contributed by atoms with E-state index in [2.05, 4.69) is 39.6 Å². The van der Waals surface area contributed by atoms with Crippen LogP contribution in [0.4, 0.5) is 8.78 Å². The predicted molar refractivity (Wildman–Crippen MR) is 191 cm³/mol. The Bertz CT molecular complexity index is 1720. The van der Waals surface area contributed by atoms with E-state index in [0.29, 0.717) is 23.9 Å². The van der Waals surface area contributed by atoms with Gasteiger partial charge >= 0.3 is 5.97 Å². The van der Waals surface area contributed by atoms with Crippen molar-refractivity contribution < 1.29 is 33.0 Å². The number of carbonyl (C=O) groups is 2. The molecule has 12 atom stereocenters. The van der Waals surface area contributed by atoms with Gasteiger partial charge < -0.3 is 19.5 Å². The molecule has 6 fully saturated rings. The molecule has 9 heteroatoms. The lowest BCUT2D eigenvalue weighted by atomic mass is 9.41. The highest BCUT2D eigenvalue weighted by Gasteiger charge is 2.84. The van der Waals surface area contributed by atoms with E-state index in [-0.39, 0.29) is 82.1 Å². The highest BCUT2D eigenvalue weighted by atomic mass is 19.1. The number of ether oxygens (including phenoxy) is 2. The second-order valence-electron chi connectivity index (χ2n) is 18.8.